The molecule has 0 spiro atoms. The van der Waals surface area contributed by atoms with E-state index < -0.39 is 0 Å². The molecule has 2 aromatic carbocycles. The number of hydrogen-bond acceptors (Lipinski definition) is 5. The van der Waals surface area contributed by atoms with Crippen molar-refractivity contribution in [2.24, 2.45) is 11.8 Å². The van der Waals surface area contributed by atoms with Gasteiger partial charge < -0.3 is 9.64 Å². The van der Waals surface area contributed by atoms with Crippen LogP contribution >= 0.6 is 11.3 Å². The second kappa shape index (κ2) is 9.16. The van der Waals surface area contributed by atoms with Crippen molar-refractivity contribution in [1.29, 1.82) is 0 Å². The molecule has 0 radical (unpaired) electrons. The fraction of sp³-hybridized carbons (Fsp3) is 0.407. The molecule has 6 rings (SSSR count). The fourth-order valence-electron chi connectivity index (χ4n) is 5.33. The summed E-state index contributed by atoms with van der Waals surface area (Å²) in [5.41, 5.74) is 1.91. The largest absolute Gasteiger partial charge is 0.496 e. The molecule has 3 aliphatic heterocycles. The number of carbonyl (C=O) groups excluding carboxylic acids is 2. The van der Waals surface area contributed by atoms with Crippen molar-refractivity contribution in [3.8, 4) is 5.75 Å². The number of fused-ring (bicyclic) bond motifs is 4. The minimum absolute atomic E-state index is 0.157. The number of hydrogen-bond donors (Lipinski definition) is 0. The van der Waals surface area contributed by atoms with E-state index in [0.717, 1.165) is 44.3 Å². The summed E-state index contributed by atoms with van der Waals surface area (Å²) in [5.74, 6) is 2.42. The monoisotopic (exact) mass is 447 g/mol. The van der Waals surface area contributed by atoms with Gasteiger partial charge in [-0.1, -0.05) is 30.3 Å². The maximum absolute atomic E-state index is 13.0. The Morgan fingerprint density at radius 1 is 1.06 bits per heavy atom. The van der Waals surface area contributed by atoms with E-state index in [2.05, 4.69) is 11.0 Å². The van der Waals surface area contributed by atoms with Crippen LogP contribution in [-0.4, -0.2) is 43.2 Å². The second-order valence-electron chi connectivity index (χ2n) is 9.21. The van der Waals surface area contributed by atoms with Crippen LogP contribution in [-0.2, 0) is 17.6 Å². The van der Waals surface area contributed by atoms with Crippen molar-refractivity contribution >= 4 is 33.0 Å². The number of benzene rings is 2. The molecule has 1 aromatic heterocycles. The molecule has 32 heavy (non-hydrogen) atoms. The molecule has 4 nitrogen and oxygen atoms in total. The van der Waals surface area contributed by atoms with Crippen LogP contribution in [0.25, 0.3) is 10.1 Å². The standard InChI is InChI=1S/C27H29NO3S/c1-31-25-5-3-2-4-20(25)14-23(29)12-18-6-7-21-16-27(32-26(21)13-18)24(30)15-22-17-28-10-8-19(22)9-11-28/h2-7,13,16,19,22H,8-12,14-15,17H2,1H3/t22-/m0/s1. The van der Waals surface area contributed by atoms with Gasteiger partial charge in [0.15, 0.2) is 5.78 Å². The Labute approximate surface area is 193 Å². The summed E-state index contributed by atoms with van der Waals surface area (Å²) >= 11 is 1.57. The highest BCUT2D eigenvalue weighted by Gasteiger charge is 2.35. The summed E-state index contributed by atoms with van der Waals surface area (Å²) in [6.07, 6.45) is 3.90. The molecular formula is C27H29NO3S. The third-order valence-electron chi connectivity index (χ3n) is 7.08. The Bertz CT molecular complexity index is 1140. The number of piperidine rings is 3. The molecular weight excluding hydrogens is 418 g/mol. The SMILES string of the molecule is COc1ccccc1CC(=O)Cc1ccc2cc(C(=O)C[C@H]3CN4CCC3CC4)sc2c1. The topological polar surface area (TPSA) is 46.6 Å². The molecule has 0 saturated carbocycles. The van der Waals surface area contributed by atoms with E-state index >= 15 is 0 Å². The van der Waals surface area contributed by atoms with Gasteiger partial charge in [0, 0.05) is 36.1 Å². The van der Waals surface area contributed by atoms with Gasteiger partial charge in [0.2, 0.25) is 0 Å². The first kappa shape index (κ1) is 21.4. The molecule has 1 atom stereocenters. The second-order valence-corrected chi connectivity index (χ2v) is 10.3. The molecule has 2 bridgehead atoms. The van der Waals surface area contributed by atoms with Gasteiger partial charge in [-0.15, -0.1) is 11.3 Å². The lowest BCUT2D eigenvalue weighted by atomic mass is 9.76. The predicted molar refractivity (Wildman–Crippen MR) is 129 cm³/mol. The molecule has 3 fully saturated rings. The van der Waals surface area contributed by atoms with Crippen LogP contribution in [0.3, 0.4) is 0 Å². The Morgan fingerprint density at radius 3 is 2.62 bits per heavy atom. The average molecular weight is 448 g/mol. The zero-order chi connectivity index (χ0) is 22.1. The summed E-state index contributed by atoms with van der Waals surface area (Å²) in [5, 5.41) is 1.09. The summed E-state index contributed by atoms with van der Waals surface area (Å²) in [7, 11) is 1.63. The van der Waals surface area contributed by atoms with Crippen LogP contribution in [0.5, 0.6) is 5.75 Å². The summed E-state index contributed by atoms with van der Waals surface area (Å²) in [4.78, 5) is 29.1. The van der Waals surface area contributed by atoms with Crippen LogP contribution in [0.1, 0.15) is 40.1 Å². The number of ether oxygens (including phenoxy) is 1. The van der Waals surface area contributed by atoms with Crippen LogP contribution < -0.4 is 4.74 Å². The van der Waals surface area contributed by atoms with Crippen molar-refractivity contribution in [3.05, 3.63) is 64.5 Å². The molecule has 0 unspecified atom stereocenters. The summed E-state index contributed by atoms with van der Waals surface area (Å²) < 4.78 is 6.45. The fourth-order valence-corrected chi connectivity index (χ4v) is 6.41. The molecule has 0 amide bonds. The van der Waals surface area contributed by atoms with E-state index in [1.54, 1.807) is 18.4 Å². The normalized spacial score (nSPS) is 22.2. The third-order valence-corrected chi connectivity index (χ3v) is 8.22. The van der Waals surface area contributed by atoms with Gasteiger partial charge in [0.25, 0.3) is 0 Å². The molecule has 3 aromatic rings. The van der Waals surface area contributed by atoms with E-state index in [-0.39, 0.29) is 11.6 Å². The first-order valence-electron chi connectivity index (χ1n) is 11.5. The molecule has 0 aliphatic carbocycles. The van der Waals surface area contributed by atoms with E-state index in [1.165, 1.54) is 25.9 Å². The molecule has 3 aliphatic rings. The lowest BCUT2D eigenvalue weighted by Gasteiger charge is -2.44. The number of rotatable bonds is 8. The van der Waals surface area contributed by atoms with Gasteiger partial charge in [-0.25, -0.2) is 0 Å². The first-order valence-corrected chi connectivity index (χ1v) is 12.3. The third kappa shape index (κ3) is 4.50. The molecule has 4 heterocycles. The smallest absolute Gasteiger partial charge is 0.173 e. The predicted octanol–water partition coefficient (Wildman–Crippen LogP) is 5.18. The van der Waals surface area contributed by atoms with Gasteiger partial charge in [0.1, 0.15) is 11.5 Å². The first-order chi connectivity index (χ1) is 15.6. The average Bonchev–Trinajstić information content (AvgIpc) is 3.24. The van der Waals surface area contributed by atoms with Crippen molar-refractivity contribution in [2.45, 2.75) is 32.1 Å². The van der Waals surface area contributed by atoms with Gasteiger partial charge >= 0.3 is 0 Å². The molecule has 5 heteroatoms. The van der Waals surface area contributed by atoms with Gasteiger partial charge in [-0.05, 0) is 66.9 Å². The van der Waals surface area contributed by atoms with Gasteiger partial charge in [-0.2, -0.15) is 0 Å². The molecule has 3 saturated heterocycles. The minimum Gasteiger partial charge on any atom is -0.496 e. The number of nitrogens with zero attached hydrogens (tertiary/aromatic N) is 1. The van der Waals surface area contributed by atoms with Crippen molar-refractivity contribution in [1.82, 2.24) is 4.90 Å². The Balaban J connectivity index is 1.25. The van der Waals surface area contributed by atoms with Crippen LogP contribution in [0.4, 0.5) is 0 Å². The number of thiophene rings is 1. The van der Waals surface area contributed by atoms with Crippen LogP contribution in [0.2, 0.25) is 0 Å². The lowest BCUT2D eigenvalue weighted by Crippen LogP contribution is -2.47. The van der Waals surface area contributed by atoms with Gasteiger partial charge in [0.05, 0.1) is 12.0 Å². The van der Waals surface area contributed by atoms with Crippen molar-refractivity contribution in [3.63, 3.8) is 0 Å². The maximum atomic E-state index is 13.0. The highest BCUT2D eigenvalue weighted by atomic mass is 32.1. The van der Waals surface area contributed by atoms with E-state index in [1.807, 2.05) is 42.5 Å². The van der Waals surface area contributed by atoms with E-state index in [4.69, 9.17) is 4.74 Å². The number of methoxy groups -OCH3 is 1. The van der Waals surface area contributed by atoms with Crippen LogP contribution in [0.15, 0.2) is 48.5 Å². The van der Waals surface area contributed by atoms with E-state index in [9.17, 15) is 9.59 Å². The molecule has 166 valence electrons. The van der Waals surface area contributed by atoms with E-state index in [0.29, 0.717) is 25.2 Å². The summed E-state index contributed by atoms with van der Waals surface area (Å²) in [6, 6.07) is 15.8. The zero-order valence-electron chi connectivity index (χ0n) is 18.5. The minimum atomic E-state index is 0.157. The lowest BCUT2D eigenvalue weighted by molar-refractivity contribution is -0.117. The van der Waals surface area contributed by atoms with Crippen LogP contribution in [0, 0.1) is 11.8 Å². The number of para-hydroxylation sites is 1. The Kier molecular flexibility index (Phi) is 6.11. The molecule has 0 N–H and O–H groups in total. The highest BCUT2D eigenvalue weighted by Crippen LogP contribution is 2.36. The Hall–Kier alpha value is -2.50. The highest BCUT2D eigenvalue weighted by molar-refractivity contribution is 7.20. The number of Topliss-reactive ketones (excluding diaryl/α,β-unsaturated/α-hetero) is 2. The van der Waals surface area contributed by atoms with Crippen molar-refractivity contribution in [2.75, 3.05) is 26.7 Å². The quantitative estimate of drug-likeness (QED) is 0.447. The number of ketones is 2. The zero-order valence-corrected chi connectivity index (χ0v) is 19.3. The van der Waals surface area contributed by atoms with Crippen molar-refractivity contribution < 1.29 is 14.3 Å². The maximum Gasteiger partial charge on any atom is 0.173 e. The number of carbonyl (C=O) groups is 2. The summed E-state index contributed by atoms with van der Waals surface area (Å²) in [6.45, 7) is 3.49. The van der Waals surface area contributed by atoms with Gasteiger partial charge in [-0.3, -0.25) is 9.59 Å². The Morgan fingerprint density at radius 2 is 1.88 bits per heavy atom.